The third-order valence-corrected chi connectivity index (χ3v) is 14.5. The number of hydrogen-bond donors (Lipinski definition) is 0. The van der Waals surface area contributed by atoms with Crippen LogP contribution in [-0.2, 0) is 0 Å². The zero-order valence-electron chi connectivity index (χ0n) is 34.2. The van der Waals surface area contributed by atoms with Crippen molar-refractivity contribution in [2.24, 2.45) is 0 Å². The van der Waals surface area contributed by atoms with Crippen molar-refractivity contribution in [3.05, 3.63) is 193 Å². The smallest absolute Gasteiger partial charge is 0.257 e. The number of fused-ring (bicyclic) bond motifs is 4. The summed E-state index contributed by atoms with van der Waals surface area (Å²) in [5.74, 6) is 0. The first kappa shape index (κ1) is 33.0. The van der Waals surface area contributed by atoms with Crippen LogP contribution in [0, 0.1) is 13.8 Å². The summed E-state index contributed by atoms with van der Waals surface area (Å²) < 4.78 is 0. The zero-order valence-corrected chi connectivity index (χ0v) is 34.2. The monoisotopic (exact) mass is 785 g/mol. The van der Waals surface area contributed by atoms with E-state index in [1.54, 1.807) is 0 Å². The van der Waals surface area contributed by atoms with Crippen molar-refractivity contribution in [1.82, 2.24) is 0 Å². The molecule has 4 heteroatoms. The van der Waals surface area contributed by atoms with Crippen LogP contribution < -0.4 is 31.1 Å². The minimum absolute atomic E-state index is 0.0385. The van der Waals surface area contributed by atoms with Crippen molar-refractivity contribution in [2.45, 2.75) is 13.8 Å². The van der Waals surface area contributed by atoms with Gasteiger partial charge in [0.05, 0.1) is 22.7 Å². The van der Waals surface area contributed by atoms with E-state index >= 15 is 0 Å². The van der Waals surface area contributed by atoms with Gasteiger partial charge in [-0.25, -0.2) is 0 Å². The average Bonchev–Trinajstić information content (AvgIpc) is 3.32. The summed E-state index contributed by atoms with van der Waals surface area (Å²) in [6, 6.07) is 69.3. The highest BCUT2D eigenvalue weighted by atomic mass is 15.2. The van der Waals surface area contributed by atoms with Crippen LogP contribution >= 0.6 is 0 Å². The largest absolute Gasteiger partial charge is 0.311 e. The molecule has 0 saturated heterocycles. The van der Waals surface area contributed by atoms with Crippen molar-refractivity contribution in [3.63, 3.8) is 0 Å². The van der Waals surface area contributed by atoms with E-state index in [9.17, 15) is 0 Å². The summed E-state index contributed by atoms with van der Waals surface area (Å²) >= 11 is 0. The second-order valence-corrected chi connectivity index (χ2v) is 17.7. The van der Waals surface area contributed by atoms with Crippen LogP contribution in [-0.4, -0.2) is 6.71 Å². The summed E-state index contributed by atoms with van der Waals surface area (Å²) in [4.78, 5) is 7.89. The van der Waals surface area contributed by atoms with Gasteiger partial charge in [0.25, 0.3) is 6.71 Å². The molecule has 0 radical (unpaired) electrons. The van der Waals surface area contributed by atoms with Crippen LogP contribution in [0.4, 0.5) is 51.2 Å². The van der Waals surface area contributed by atoms with Gasteiger partial charge >= 0.3 is 0 Å². The summed E-state index contributed by atoms with van der Waals surface area (Å²) in [7, 11) is 0. The van der Waals surface area contributed by atoms with Crippen LogP contribution in [0.2, 0.25) is 0 Å². The fourth-order valence-corrected chi connectivity index (χ4v) is 12.0. The Hall–Kier alpha value is -7.82. The van der Waals surface area contributed by atoms with Crippen LogP contribution in [0.15, 0.2) is 182 Å². The van der Waals surface area contributed by atoms with Gasteiger partial charge < -0.3 is 14.7 Å². The van der Waals surface area contributed by atoms with Gasteiger partial charge in [-0.05, 0) is 111 Å². The van der Waals surface area contributed by atoms with Gasteiger partial charge in [0, 0.05) is 60.8 Å². The topological polar surface area (TPSA) is 9.72 Å². The molecule has 0 unspecified atom stereocenters. The molecule has 3 nitrogen and oxygen atoms in total. The Morgan fingerprint density at radius 2 is 0.661 bits per heavy atom. The molecule has 12 aromatic carbocycles. The molecule has 0 N–H and O–H groups in total. The van der Waals surface area contributed by atoms with E-state index in [-0.39, 0.29) is 6.71 Å². The second kappa shape index (κ2) is 11.5. The first-order valence-corrected chi connectivity index (χ1v) is 21.8. The van der Waals surface area contributed by atoms with Crippen LogP contribution in [0.3, 0.4) is 0 Å². The molecular formula is C58H36BN3. The summed E-state index contributed by atoms with van der Waals surface area (Å²) in [6.45, 7) is 4.33. The predicted octanol–water partition coefficient (Wildman–Crippen LogP) is 14.0. The van der Waals surface area contributed by atoms with E-state index in [1.165, 1.54) is 138 Å². The van der Waals surface area contributed by atoms with Crippen LogP contribution in [0.25, 0.3) is 64.6 Å². The fraction of sp³-hybridized carbons (Fsp3) is 0.0345. The predicted molar refractivity (Wildman–Crippen MR) is 266 cm³/mol. The van der Waals surface area contributed by atoms with Gasteiger partial charge in [0.2, 0.25) is 0 Å². The van der Waals surface area contributed by atoms with Gasteiger partial charge in [-0.1, -0.05) is 145 Å². The normalized spacial score (nSPS) is 13.8. The lowest BCUT2D eigenvalue weighted by Gasteiger charge is -2.50. The number of aryl methyl sites for hydroxylation is 2. The van der Waals surface area contributed by atoms with E-state index in [1.807, 2.05) is 0 Å². The number of rotatable bonds is 3. The van der Waals surface area contributed by atoms with Crippen LogP contribution in [0.5, 0.6) is 0 Å². The molecule has 0 spiro atoms. The van der Waals surface area contributed by atoms with Crippen molar-refractivity contribution < 1.29 is 0 Å². The van der Waals surface area contributed by atoms with Crippen LogP contribution in [0.1, 0.15) is 11.1 Å². The molecule has 3 aliphatic rings. The highest BCUT2D eigenvalue weighted by molar-refractivity contribution is 7.03. The number of hydrogen-bond acceptors (Lipinski definition) is 3. The SMILES string of the molecule is Cc1ccc(N2c3cccc4c3B3c5c2c2ccc6cccc7ccc(c5N(c5ccccc5)c5c3c(c3ccc8cccc9ccc5c3c89)N4c3ccc(C)cc3)c2c67)cc1. The van der Waals surface area contributed by atoms with Crippen molar-refractivity contribution >= 4 is 139 Å². The first-order chi connectivity index (χ1) is 30.6. The number of para-hydroxylation sites is 1. The molecule has 62 heavy (non-hydrogen) atoms. The number of benzene rings is 12. The molecule has 0 atom stereocenters. The highest BCUT2D eigenvalue weighted by Crippen LogP contribution is 2.58. The zero-order chi connectivity index (χ0) is 40.5. The molecule has 0 fully saturated rings. The minimum Gasteiger partial charge on any atom is -0.311 e. The van der Waals surface area contributed by atoms with Crippen molar-refractivity contribution in [3.8, 4) is 0 Å². The molecule has 0 aromatic heterocycles. The van der Waals surface area contributed by atoms with Gasteiger partial charge in [-0.3, -0.25) is 0 Å². The van der Waals surface area contributed by atoms with Crippen molar-refractivity contribution in [2.75, 3.05) is 14.7 Å². The Labute approximate surface area is 359 Å². The molecular weight excluding hydrogens is 749 g/mol. The first-order valence-electron chi connectivity index (χ1n) is 21.8. The molecule has 12 aromatic rings. The molecule has 0 aliphatic carbocycles. The maximum Gasteiger partial charge on any atom is 0.257 e. The molecule has 0 saturated carbocycles. The van der Waals surface area contributed by atoms with Gasteiger partial charge in [-0.2, -0.15) is 0 Å². The molecule has 15 rings (SSSR count). The lowest BCUT2D eigenvalue weighted by atomic mass is 9.31. The third kappa shape index (κ3) is 3.94. The highest BCUT2D eigenvalue weighted by Gasteiger charge is 2.51. The fourth-order valence-electron chi connectivity index (χ4n) is 12.0. The number of anilines is 9. The average molecular weight is 786 g/mol. The lowest BCUT2D eigenvalue weighted by molar-refractivity contribution is 1.24. The molecule has 286 valence electrons. The molecule has 3 aliphatic heterocycles. The van der Waals surface area contributed by atoms with E-state index in [4.69, 9.17) is 0 Å². The Bertz CT molecular complexity index is 3630. The Kier molecular flexibility index (Phi) is 6.12. The summed E-state index contributed by atoms with van der Waals surface area (Å²) in [5.41, 5.74) is 17.6. The Morgan fingerprint density at radius 1 is 0.290 bits per heavy atom. The Balaban J connectivity index is 1.23. The number of nitrogens with zero attached hydrogens (tertiary/aromatic N) is 3. The van der Waals surface area contributed by atoms with Gasteiger partial charge in [-0.15, -0.1) is 0 Å². The minimum atomic E-state index is -0.0385. The third-order valence-electron chi connectivity index (χ3n) is 14.5. The van der Waals surface area contributed by atoms with E-state index < -0.39 is 0 Å². The molecule has 0 amide bonds. The summed E-state index contributed by atoms with van der Waals surface area (Å²) in [6.07, 6.45) is 0. The van der Waals surface area contributed by atoms with Gasteiger partial charge in [0.15, 0.2) is 0 Å². The standard InChI is InChI=1S/C58H36BN3/c1-33-17-25-40(26-18-33)60-46-15-8-16-47-52(46)59-53-55(60)42-29-21-35-9-6-11-37-23-31-44(50(42)48(35)37)57(53)62(39-13-4-3-5-14-39)58-45-32-24-38-12-7-10-36-22-30-43(51(45)49(36)38)56(54(58)59)61(47)41-27-19-34(2)20-28-41/h3-32H,1-2H3. The quantitative estimate of drug-likeness (QED) is 0.130. The maximum absolute atomic E-state index is 2.67. The maximum atomic E-state index is 2.67. The Morgan fingerprint density at radius 3 is 1.08 bits per heavy atom. The van der Waals surface area contributed by atoms with Gasteiger partial charge in [0.1, 0.15) is 0 Å². The van der Waals surface area contributed by atoms with E-state index in [0.717, 1.165) is 5.69 Å². The molecule has 3 heterocycles. The summed E-state index contributed by atoms with van der Waals surface area (Å²) in [5, 5.41) is 15.5. The van der Waals surface area contributed by atoms with Crippen molar-refractivity contribution in [1.29, 1.82) is 0 Å². The second-order valence-electron chi connectivity index (χ2n) is 17.7. The van der Waals surface area contributed by atoms with E-state index in [0.29, 0.717) is 0 Å². The van der Waals surface area contributed by atoms with E-state index in [2.05, 4.69) is 211 Å². The lowest BCUT2D eigenvalue weighted by Crippen LogP contribution is -2.65. The molecule has 0 bridgehead atoms.